The molecule has 2 N–H and O–H groups in total. The van der Waals surface area contributed by atoms with E-state index in [1.54, 1.807) is 6.20 Å². The molecule has 0 bridgehead atoms. The third-order valence-electron chi connectivity index (χ3n) is 1.79. The van der Waals surface area contributed by atoms with E-state index >= 15 is 0 Å². The van der Waals surface area contributed by atoms with E-state index in [0.717, 1.165) is 4.90 Å². The van der Waals surface area contributed by atoms with Crippen LogP contribution < -0.4 is 0 Å². The maximum Gasteiger partial charge on any atom is 0.328 e. The van der Waals surface area contributed by atoms with Crippen LogP contribution in [0.5, 0.6) is 0 Å². The van der Waals surface area contributed by atoms with Crippen LogP contribution >= 0.6 is 11.9 Å². The van der Waals surface area contributed by atoms with Crippen LogP contribution in [0.1, 0.15) is 5.56 Å². The van der Waals surface area contributed by atoms with Crippen molar-refractivity contribution >= 4 is 30.0 Å². The molecule has 7 heteroatoms. The van der Waals surface area contributed by atoms with E-state index in [1.165, 1.54) is 17.5 Å². The lowest BCUT2D eigenvalue weighted by molar-refractivity contribution is -0.134. The second kappa shape index (κ2) is 7.83. The quantitative estimate of drug-likeness (QED) is 0.640. The Morgan fingerprint density at radius 1 is 1.11 bits per heavy atom. The number of fused-ring (bicyclic) bond motifs is 1. The predicted octanol–water partition coefficient (Wildman–Crippen LogP) is 2.84. The van der Waals surface area contributed by atoms with Gasteiger partial charge < -0.3 is 10.2 Å². The largest absolute Gasteiger partial charge is 0.478 e. The first kappa shape index (κ1) is 14.7. The molecule has 1 aromatic carbocycles. The average molecular weight is 278 g/mol. The van der Waals surface area contributed by atoms with Gasteiger partial charge in [0.15, 0.2) is 0 Å². The Labute approximate surface area is 113 Å². The highest BCUT2D eigenvalue weighted by molar-refractivity contribution is 7.98. The molecule has 1 aromatic rings. The SMILES string of the molecule is C1=Cc2ccccc2SN=N1.O=C(O)/C=C\C(=O)O. The number of carbonyl (C=O) groups is 2. The summed E-state index contributed by atoms with van der Waals surface area (Å²) >= 11 is 1.41. The first-order valence-electron chi connectivity index (χ1n) is 5.06. The minimum absolute atomic E-state index is 0.558. The van der Waals surface area contributed by atoms with E-state index in [-0.39, 0.29) is 0 Å². The molecule has 0 amide bonds. The van der Waals surface area contributed by atoms with Crippen molar-refractivity contribution in [3.8, 4) is 0 Å². The van der Waals surface area contributed by atoms with Crippen LogP contribution in [-0.4, -0.2) is 22.2 Å². The lowest BCUT2D eigenvalue weighted by Crippen LogP contribution is -1.91. The number of hydrogen-bond acceptors (Lipinski definition) is 5. The van der Waals surface area contributed by atoms with Crippen LogP contribution in [-0.2, 0) is 9.59 Å². The summed E-state index contributed by atoms with van der Waals surface area (Å²) in [5.41, 5.74) is 1.18. The Balaban J connectivity index is 0.000000203. The lowest BCUT2D eigenvalue weighted by atomic mass is 10.2. The summed E-state index contributed by atoms with van der Waals surface area (Å²) < 4.78 is 3.87. The van der Waals surface area contributed by atoms with Crippen LogP contribution in [0.2, 0.25) is 0 Å². The topological polar surface area (TPSA) is 99.3 Å². The Morgan fingerprint density at radius 2 is 1.74 bits per heavy atom. The molecule has 0 aromatic heterocycles. The Bertz CT molecular complexity index is 536. The highest BCUT2D eigenvalue weighted by Crippen LogP contribution is 2.26. The average Bonchev–Trinajstić information content (AvgIpc) is 2.62. The summed E-state index contributed by atoms with van der Waals surface area (Å²) in [4.78, 5) is 20.3. The molecule has 0 spiro atoms. The summed E-state index contributed by atoms with van der Waals surface area (Å²) in [5, 5.41) is 19.4. The Kier molecular flexibility index (Phi) is 6.04. The molecule has 0 unspecified atom stereocenters. The van der Waals surface area contributed by atoms with Crippen molar-refractivity contribution in [2.24, 2.45) is 9.63 Å². The van der Waals surface area contributed by atoms with Crippen LogP contribution in [0.4, 0.5) is 0 Å². The molecule has 2 rings (SSSR count). The maximum atomic E-state index is 9.55. The van der Waals surface area contributed by atoms with Gasteiger partial charge in [0.2, 0.25) is 0 Å². The molecule has 0 saturated heterocycles. The summed E-state index contributed by atoms with van der Waals surface area (Å²) in [6.07, 6.45) is 4.78. The van der Waals surface area contributed by atoms with Crippen LogP contribution in [0.25, 0.3) is 6.08 Å². The van der Waals surface area contributed by atoms with Gasteiger partial charge >= 0.3 is 11.9 Å². The lowest BCUT2D eigenvalue weighted by Gasteiger charge is -1.96. The number of nitrogens with zero attached hydrogens (tertiary/aromatic N) is 2. The zero-order valence-electron chi connectivity index (χ0n) is 9.63. The van der Waals surface area contributed by atoms with Gasteiger partial charge in [0.05, 0.1) is 6.20 Å². The van der Waals surface area contributed by atoms with E-state index in [1.807, 2.05) is 24.3 Å². The van der Waals surface area contributed by atoms with Crippen molar-refractivity contribution in [3.63, 3.8) is 0 Å². The third-order valence-corrected chi connectivity index (χ3v) is 2.54. The second-order valence-corrected chi connectivity index (χ2v) is 3.94. The molecule has 0 radical (unpaired) electrons. The van der Waals surface area contributed by atoms with Crippen molar-refractivity contribution < 1.29 is 19.8 Å². The summed E-state index contributed by atoms with van der Waals surface area (Å²) in [5.74, 6) is -2.51. The smallest absolute Gasteiger partial charge is 0.328 e. The van der Waals surface area contributed by atoms with Gasteiger partial charge in [-0.15, -0.1) is 4.52 Å². The molecule has 0 fully saturated rings. The predicted molar refractivity (Wildman–Crippen MR) is 70.6 cm³/mol. The molecular weight excluding hydrogens is 268 g/mol. The fourth-order valence-corrected chi connectivity index (χ4v) is 1.62. The Hall–Kier alpha value is -2.41. The summed E-state index contributed by atoms with van der Waals surface area (Å²) in [7, 11) is 0. The van der Waals surface area contributed by atoms with Gasteiger partial charge in [0.25, 0.3) is 0 Å². The van der Waals surface area contributed by atoms with E-state index in [2.05, 4.69) is 15.7 Å². The van der Waals surface area contributed by atoms with Gasteiger partial charge in [0.1, 0.15) is 0 Å². The van der Waals surface area contributed by atoms with Gasteiger partial charge in [-0.1, -0.05) is 18.2 Å². The molecule has 1 aliphatic heterocycles. The molecule has 19 heavy (non-hydrogen) atoms. The highest BCUT2D eigenvalue weighted by atomic mass is 32.2. The minimum Gasteiger partial charge on any atom is -0.478 e. The third kappa shape index (κ3) is 6.18. The molecule has 1 heterocycles. The number of carboxylic acid groups (broad SMARTS) is 2. The molecular formula is C12H10N2O4S. The first-order chi connectivity index (χ1) is 9.09. The fourth-order valence-electron chi connectivity index (χ4n) is 1.05. The Morgan fingerprint density at radius 3 is 2.37 bits per heavy atom. The van der Waals surface area contributed by atoms with E-state index in [0.29, 0.717) is 12.2 Å². The van der Waals surface area contributed by atoms with Crippen LogP contribution in [0.15, 0.2) is 57.1 Å². The fraction of sp³-hybridized carbons (Fsp3) is 0. The molecule has 0 saturated carbocycles. The summed E-state index contributed by atoms with van der Waals surface area (Å²) in [6, 6.07) is 8.10. The minimum atomic E-state index is -1.26. The highest BCUT2D eigenvalue weighted by Gasteiger charge is 1.99. The monoisotopic (exact) mass is 278 g/mol. The zero-order chi connectivity index (χ0) is 14.1. The van der Waals surface area contributed by atoms with E-state index in [9.17, 15) is 9.59 Å². The van der Waals surface area contributed by atoms with Crippen molar-refractivity contribution in [1.82, 2.24) is 0 Å². The molecule has 6 nitrogen and oxygen atoms in total. The van der Waals surface area contributed by atoms with Gasteiger partial charge in [-0.25, -0.2) is 9.59 Å². The number of rotatable bonds is 2. The van der Waals surface area contributed by atoms with Crippen LogP contribution in [0.3, 0.4) is 0 Å². The van der Waals surface area contributed by atoms with Crippen molar-refractivity contribution in [1.29, 1.82) is 0 Å². The zero-order valence-corrected chi connectivity index (χ0v) is 10.4. The molecule has 1 aliphatic rings. The van der Waals surface area contributed by atoms with Crippen molar-refractivity contribution in [2.75, 3.05) is 0 Å². The normalized spacial score (nSPS) is 12.2. The second-order valence-electron chi connectivity index (χ2n) is 3.15. The van der Waals surface area contributed by atoms with Gasteiger partial charge in [-0.05, 0) is 17.7 Å². The summed E-state index contributed by atoms with van der Waals surface area (Å²) in [6.45, 7) is 0. The number of carboxylic acids is 2. The van der Waals surface area contributed by atoms with Crippen molar-refractivity contribution in [2.45, 2.75) is 4.90 Å². The number of hydrogen-bond donors (Lipinski definition) is 2. The van der Waals surface area contributed by atoms with Crippen LogP contribution in [0, 0.1) is 0 Å². The van der Waals surface area contributed by atoms with E-state index < -0.39 is 11.9 Å². The number of aliphatic carboxylic acids is 2. The van der Waals surface area contributed by atoms with Gasteiger partial charge in [0, 0.05) is 29.0 Å². The first-order valence-corrected chi connectivity index (χ1v) is 5.83. The van der Waals surface area contributed by atoms with Crippen molar-refractivity contribution in [3.05, 3.63) is 48.2 Å². The standard InChI is InChI=1S/C8H6N2S.C4H4O4/c1-2-4-8-7(3-1)5-6-9-10-11-8;5-3(6)1-2-4(7)8/h1-6H;1-2H,(H,5,6)(H,7,8)/b;2-1-. The maximum absolute atomic E-state index is 9.55. The number of benzene rings is 1. The molecule has 0 atom stereocenters. The van der Waals surface area contributed by atoms with Gasteiger partial charge in [-0.3, -0.25) is 0 Å². The van der Waals surface area contributed by atoms with Gasteiger partial charge in [-0.2, -0.15) is 5.11 Å². The van der Waals surface area contributed by atoms with E-state index in [4.69, 9.17) is 10.2 Å². The molecule has 98 valence electrons. The molecule has 0 aliphatic carbocycles.